The molecule has 1 aromatic carbocycles. The number of rotatable bonds is 6. The average molecular weight is 315 g/mol. The van der Waals surface area contributed by atoms with E-state index >= 15 is 0 Å². The molecule has 0 bridgehead atoms. The fourth-order valence-corrected chi connectivity index (χ4v) is 2.99. The standard InChI is InChI=1S/C13H16ClFN4S/c1-2-3-11-13(20-19-18-11)12(17-16)7-8-6-9(14)4-5-10(8)15/h4-6,12,17H,2-3,7,16H2,1H3. The van der Waals surface area contributed by atoms with E-state index in [-0.39, 0.29) is 11.9 Å². The molecule has 1 heterocycles. The molecule has 2 aromatic rings. The molecule has 3 N–H and O–H groups in total. The van der Waals surface area contributed by atoms with Gasteiger partial charge in [-0.3, -0.25) is 11.3 Å². The highest BCUT2D eigenvalue weighted by Crippen LogP contribution is 2.26. The van der Waals surface area contributed by atoms with Gasteiger partial charge in [0.25, 0.3) is 0 Å². The molecule has 0 amide bonds. The molecule has 0 saturated heterocycles. The quantitative estimate of drug-likeness (QED) is 0.635. The Hall–Kier alpha value is -1.08. The molecule has 108 valence electrons. The first-order valence-electron chi connectivity index (χ1n) is 6.36. The molecular weight excluding hydrogens is 299 g/mol. The van der Waals surface area contributed by atoms with Crippen molar-refractivity contribution in [2.75, 3.05) is 0 Å². The van der Waals surface area contributed by atoms with Crippen LogP contribution >= 0.6 is 23.1 Å². The first kappa shape index (κ1) is 15.3. The van der Waals surface area contributed by atoms with Crippen molar-refractivity contribution < 1.29 is 4.39 Å². The van der Waals surface area contributed by atoms with E-state index in [1.54, 1.807) is 6.07 Å². The van der Waals surface area contributed by atoms with Crippen LogP contribution in [0.25, 0.3) is 0 Å². The Balaban J connectivity index is 2.24. The zero-order valence-corrected chi connectivity index (χ0v) is 12.6. The summed E-state index contributed by atoms with van der Waals surface area (Å²) in [5.41, 5.74) is 4.16. The lowest BCUT2D eigenvalue weighted by Gasteiger charge is -2.15. The van der Waals surface area contributed by atoms with E-state index in [4.69, 9.17) is 17.4 Å². The number of hydrazine groups is 1. The van der Waals surface area contributed by atoms with E-state index in [2.05, 4.69) is 21.9 Å². The zero-order chi connectivity index (χ0) is 14.5. The lowest BCUT2D eigenvalue weighted by molar-refractivity contribution is 0.531. The van der Waals surface area contributed by atoms with Gasteiger partial charge in [0.2, 0.25) is 0 Å². The van der Waals surface area contributed by atoms with Crippen molar-refractivity contribution in [3.63, 3.8) is 0 Å². The van der Waals surface area contributed by atoms with E-state index in [0.29, 0.717) is 17.0 Å². The van der Waals surface area contributed by atoms with Gasteiger partial charge >= 0.3 is 0 Å². The number of nitrogens with zero attached hydrogens (tertiary/aromatic N) is 2. The highest BCUT2D eigenvalue weighted by molar-refractivity contribution is 7.05. The van der Waals surface area contributed by atoms with Gasteiger partial charge in [0.05, 0.1) is 16.6 Å². The number of hydrogen-bond acceptors (Lipinski definition) is 5. The molecular formula is C13H16ClFN4S. The van der Waals surface area contributed by atoms with Crippen LogP contribution in [0.1, 0.15) is 35.5 Å². The van der Waals surface area contributed by atoms with Crippen LogP contribution in [-0.2, 0) is 12.8 Å². The minimum atomic E-state index is -0.288. The summed E-state index contributed by atoms with van der Waals surface area (Å²) in [6, 6.07) is 4.30. The van der Waals surface area contributed by atoms with Crippen molar-refractivity contribution in [1.29, 1.82) is 0 Å². The Kier molecular flexibility index (Phi) is 5.42. The molecule has 0 radical (unpaired) electrons. The predicted octanol–water partition coefficient (Wildman–Crippen LogP) is 3.03. The number of hydrogen-bond donors (Lipinski definition) is 2. The van der Waals surface area contributed by atoms with Gasteiger partial charge < -0.3 is 0 Å². The van der Waals surface area contributed by atoms with Crippen LogP contribution in [-0.4, -0.2) is 9.59 Å². The van der Waals surface area contributed by atoms with E-state index in [0.717, 1.165) is 23.4 Å². The van der Waals surface area contributed by atoms with Crippen LogP contribution in [0, 0.1) is 5.82 Å². The highest BCUT2D eigenvalue weighted by atomic mass is 35.5. The lowest BCUT2D eigenvalue weighted by Crippen LogP contribution is -2.30. The Morgan fingerprint density at radius 1 is 1.50 bits per heavy atom. The first-order chi connectivity index (χ1) is 9.65. The number of halogens is 2. The summed E-state index contributed by atoms with van der Waals surface area (Å²) >= 11 is 7.20. The first-order valence-corrected chi connectivity index (χ1v) is 7.52. The minimum Gasteiger partial charge on any atom is -0.271 e. The van der Waals surface area contributed by atoms with Crippen LogP contribution in [0.4, 0.5) is 4.39 Å². The Morgan fingerprint density at radius 2 is 2.30 bits per heavy atom. The molecule has 1 atom stereocenters. The third kappa shape index (κ3) is 3.52. The second kappa shape index (κ2) is 7.08. The fraction of sp³-hybridized carbons (Fsp3) is 0.385. The average Bonchev–Trinajstić information content (AvgIpc) is 2.88. The second-order valence-electron chi connectivity index (χ2n) is 4.49. The maximum atomic E-state index is 13.8. The Morgan fingerprint density at radius 3 is 3.00 bits per heavy atom. The maximum Gasteiger partial charge on any atom is 0.126 e. The number of nitrogens with one attached hydrogen (secondary N) is 1. The summed E-state index contributed by atoms with van der Waals surface area (Å²) in [6.07, 6.45) is 2.22. The summed E-state index contributed by atoms with van der Waals surface area (Å²) in [5, 5.41) is 4.62. The van der Waals surface area contributed by atoms with Gasteiger partial charge in [-0.25, -0.2) is 4.39 Å². The number of nitrogens with two attached hydrogens (primary N) is 1. The third-order valence-electron chi connectivity index (χ3n) is 3.02. The molecule has 0 fully saturated rings. The van der Waals surface area contributed by atoms with E-state index in [9.17, 15) is 4.39 Å². The van der Waals surface area contributed by atoms with Gasteiger partial charge in [0.15, 0.2) is 0 Å². The lowest BCUT2D eigenvalue weighted by atomic mass is 10.0. The Labute approximate surface area is 126 Å². The third-order valence-corrected chi connectivity index (χ3v) is 4.14. The largest absolute Gasteiger partial charge is 0.271 e. The van der Waals surface area contributed by atoms with Crippen LogP contribution in [0.2, 0.25) is 5.02 Å². The van der Waals surface area contributed by atoms with E-state index in [1.165, 1.54) is 23.7 Å². The predicted molar refractivity (Wildman–Crippen MR) is 79.1 cm³/mol. The fourth-order valence-electron chi connectivity index (χ4n) is 2.04. The van der Waals surface area contributed by atoms with Gasteiger partial charge in [0.1, 0.15) is 5.82 Å². The van der Waals surface area contributed by atoms with Gasteiger partial charge in [-0.1, -0.05) is 29.4 Å². The molecule has 20 heavy (non-hydrogen) atoms. The topological polar surface area (TPSA) is 63.8 Å². The monoisotopic (exact) mass is 314 g/mol. The normalized spacial score (nSPS) is 12.6. The molecule has 0 spiro atoms. The molecule has 1 unspecified atom stereocenters. The van der Waals surface area contributed by atoms with Crippen molar-refractivity contribution >= 4 is 23.1 Å². The molecule has 4 nitrogen and oxygen atoms in total. The molecule has 0 aliphatic rings. The summed E-state index contributed by atoms with van der Waals surface area (Å²) in [7, 11) is 0. The van der Waals surface area contributed by atoms with Crippen molar-refractivity contribution in [1.82, 2.24) is 15.0 Å². The van der Waals surface area contributed by atoms with Crippen molar-refractivity contribution in [2.45, 2.75) is 32.2 Å². The SMILES string of the molecule is CCCc1nnsc1C(Cc1cc(Cl)ccc1F)NN. The molecule has 1 aromatic heterocycles. The van der Waals surface area contributed by atoms with Crippen molar-refractivity contribution in [3.05, 3.63) is 45.2 Å². The van der Waals surface area contributed by atoms with Crippen molar-refractivity contribution in [3.8, 4) is 0 Å². The summed E-state index contributed by atoms with van der Waals surface area (Å²) in [5.74, 6) is 5.32. The van der Waals surface area contributed by atoms with Crippen LogP contribution in [0.5, 0.6) is 0 Å². The molecule has 7 heteroatoms. The number of aromatic nitrogens is 2. The molecule has 2 rings (SSSR count). The summed E-state index contributed by atoms with van der Waals surface area (Å²) in [4.78, 5) is 0.953. The number of aryl methyl sites for hydroxylation is 1. The molecule has 0 aliphatic heterocycles. The zero-order valence-electron chi connectivity index (χ0n) is 11.1. The van der Waals surface area contributed by atoms with Crippen LogP contribution in [0.15, 0.2) is 18.2 Å². The molecule has 0 saturated carbocycles. The molecule has 0 aliphatic carbocycles. The van der Waals surface area contributed by atoms with Gasteiger partial charge in [-0.15, -0.1) is 5.10 Å². The summed E-state index contributed by atoms with van der Waals surface area (Å²) < 4.78 is 17.8. The smallest absolute Gasteiger partial charge is 0.126 e. The van der Waals surface area contributed by atoms with Crippen molar-refractivity contribution in [2.24, 2.45) is 5.84 Å². The van der Waals surface area contributed by atoms with Gasteiger partial charge in [0, 0.05) is 5.02 Å². The summed E-state index contributed by atoms with van der Waals surface area (Å²) in [6.45, 7) is 2.07. The van der Waals surface area contributed by atoms with E-state index < -0.39 is 0 Å². The van der Waals surface area contributed by atoms with E-state index in [1.807, 2.05) is 0 Å². The second-order valence-corrected chi connectivity index (χ2v) is 5.72. The number of benzene rings is 1. The van der Waals surface area contributed by atoms with Crippen LogP contribution < -0.4 is 11.3 Å². The highest BCUT2D eigenvalue weighted by Gasteiger charge is 2.20. The van der Waals surface area contributed by atoms with Crippen LogP contribution in [0.3, 0.4) is 0 Å². The maximum absolute atomic E-state index is 13.8. The van der Waals surface area contributed by atoms with Gasteiger partial charge in [-0.2, -0.15) is 0 Å². The minimum absolute atomic E-state index is 0.218. The van der Waals surface area contributed by atoms with Gasteiger partial charge in [-0.05, 0) is 48.1 Å². The Bertz CT molecular complexity index is 575.